The first kappa shape index (κ1) is 17.1. The van der Waals surface area contributed by atoms with Crippen LogP contribution in [0, 0.1) is 5.92 Å². The fraction of sp³-hybridized carbons (Fsp3) is 0.769. The lowest BCUT2D eigenvalue weighted by molar-refractivity contribution is -0.135. The van der Waals surface area contributed by atoms with Crippen LogP contribution in [0.1, 0.15) is 25.0 Å². The van der Waals surface area contributed by atoms with E-state index < -0.39 is 16.9 Å². The molecule has 1 aromatic rings. The minimum absolute atomic E-state index is 0.0840. The second kappa shape index (κ2) is 7.03. The second-order valence-corrected chi connectivity index (χ2v) is 7.17. The maximum Gasteiger partial charge on any atom is 0.241 e. The van der Waals surface area contributed by atoms with Gasteiger partial charge in [0.25, 0.3) is 0 Å². The summed E-state index contributed by atoms with van der Waals surface area (Å²) in [5.74, 6) is 5.41. The molecule has 0 saturated carbocycles. The largest absolute Gasteiger partial charge is 0.384 e. The van der Waals surface area contributed by atoms with Crippen molar-refractivity contribution in [3.63, 3.8) is 0 Å². The molecule has 134 valence electrons. The minimum Gasteiger partial charge on any atom is -0.384 e. The van der Waals surface area contributed by atoms with Crippen LogP contribution in [-0.2, 0) is 27.0 Å². The molecule has 3 rings (SSSR count). The number of piperidine rings is 1. The van der Waals surface area contributed by atoms with Crippen LogP contribution in [0.4, 0.5) is 0 Å². The zero-order chi connectivity index (χ0) is 17.3. The zero-order valence-electron chi connectivity index (χ0n) is 13.4. The number of carbonyl (C=O) groups excluding carboxylic acids is 1. The number of hydrogen-bond donors (Lipinski definition) is 2. The lowest BCUT2D eigenvalue weighted by Gasteiger charge is -2.37. The average Bonchev–Trinajstić information content (AvgIpc) is 2.94. The van der Waals surface area contributed by atoms with E-state index in [0.717, 1.165) is 17.6 Å². The number of ether oxygens (including phenoxy) is 1. The van der Waals surface area contributed by atoms with Gasteiger partial charge in [-0.3, -0.25) is 4.79 Å². The van der Waals surface area contributed by atoms with Crippen molar-refractivity contribution in [3.8, 4) is 0 Å². The molecule has 2 N–H and O–H groups in total. The maximum atomic E-state index is 12.9. The molecule has 2 unspecified atom stereocenters. The molecule has 2 aliphatic heterocycles. The average molecular weight is 358 g/mol. The molecule has 0 aliphatic carbocycles. The third-order valence-electron chi connectivity index (χ3n) is 4.80. The summed E-state index contributed by atoms with van der Waals surface area (Å²) >= 11 is 0. The quantitative estimate of drug-likeness (QED) is 0.477. The van der Waals surface area contributed by atoms with Crippen molar-refractivity contribution in [1.29, 1.82) is 0 Å². The second-order valence-electron chi connectivity index (χ2n) is 6.24. The topological polar surface area (TPSA) is 124 Å². The van der Waals surface area contributed by atoms with E-state index in [-0.39, 0.29) is 24.4 Å². The van der Waals surface area contributed by atoms with Crippen LogP contribution in [0.15, 0.2) is 6.20 Å². The van der Waals surface area contributed by atoms with Crippen LogP contribution in [0.5, 0.6) is 0 Å². The minimum atomic E-state index is -2.83. The summed E-state index contributed by atoms with van der Waals surface area (Å²) in [5.41, 5.74) is 0.592. The fourth-order valence-electron chi connectivity index (χ4n) is 3.74. The van der Waals surface area contributed by atoms with Gasteiger partial charge in [-0.1, -0.05) is 0 Å². The van der Waals surface area contributed by atoms with Crippen molar-refractivity contribution in [2.24, 2.45) is 5.92 Å². The van der Waals surface area contributed by atoms with Crippen LogP contribution in [0.2, 0.25) is 0 Å². The van der Waals surface area contributed by atoms with Crippen LogP contribution >= 0.6 is 0 Å². The summed E-state index contributed by atoms with van der Waals surface area (Å²) in [6.45, 7) is 1.05. The predicted octanol–water partition coefficient (Wildman–Crippen LogP) is -1.65. The van der Waals surface area contributed by atoms with Crippen molar-refractivity contribution in [2.75, 3.05) is 26.1 Å². The van der Waals surface area contributed by atoms with Crippen molar-refractivity contribution in [1.82, 2.24) is 24.3 Å². The molecule has 0 radical (unpaired) electrons. The summed E-state index contributed by atoms with van der Waals surface area (Å²) in [5, 5.41) is 7.39. The molecule has 3 atom stereocenters. The number of hydrogen-bond acceptors (Lipinski definition) is 7. The van der Waals surface area contributed by atoms with Gasteiger partial charge < -0.3 is 15.5 Å². The number of nitrogen functional groups attached to an aromatic ring is 1. The summed E-state index contributed by atoms with van der Waals surface area (Å²) < 4.78 is 30.2. The van der Waals surface area contributed by atoms with Gasteiger partial charge in [-0.15, -0.1) is 5.10 Å². The molecule has 2 aliphatic rings. The van der Waals surface area contributed by atoms with Crippen molar-refractivity contribution in [2.45, 2.75) is 37.9 Å². The van der Waals surface area contributed by atoms with Gasteiger partial charge >= 0.3 is 0 Å². The van der Waals surface area contributed by atoms with Crippen LogP contribution in [0.25, 0.3) is 0 Å². The third kappa shape index (κ3) is 3.10. The maximum absolute atomic E-state index is 12.9. The summed E-state index contributed by atoms with van der Waals surface area (Å²) in [6, 6.07) is -0.853. The Bertz CT molecular complexity index is 669. The van der Waals surface area contributed by atoms with Crippen molar-refractivity contribution in [3.05, 3.63) is 11.9 Å². The SMILES string of the molecule is COC[C@H]1CN(Cc2cnnn2N)C(=O)C2CCCC1N2[SH](=O)=O. The van der Waals surface area contributed by atoms with E-state index in [1.807, 2.05) is 0 Å². The van der Waals surface area contributed by atoms with Gasteiger partial charge in [0.05, 0.1) is 19.3 Å². The van der Waals surface area contributed by atoms with E-state index in [2.05, 4.69) is 10.3 Å². The van der Waals surface area contributed by atoms with E-state index >= 15 is 0 Å². The molecule has 2 fully saturated rings. The zero-order valence-corrected chi connectivity index (χ0v) is 14.3. The summed E-state index contributed by atoms with van der Waals surface area (Å²) in [4.78, 5) is 15.7. The van der Waals surface area contributed by atoms with E-state index in [1.54, 1.807) is 12.0 Å². The van der Waals surface area contributed by atoms with Gasteiger partial charge in [0, 0.05) is 25.6 Å². The molecule has 1 aromatic heterocycles. The van der Waals surface area contributed by atoms with E-state index in [1.165, 1.54) is 10.5 Å². The molecule has 1 amide bonds. The van der Waals surface area contributed by atoms with Gasteiger partial charge in [-0.2, -0.15) is 9.10 Å². The monoisotopic (exact) mass is 358 g/mol. The Balaban J connectivity index is 1.93. The molecule has 2 saturated heterocycles. The Labute approximate surface area is 141 Å². The number of amides is 1. The number of fused-ring (bicyclic) bond motifs is 2. The fourth-order valence-corrected chi connectivity index (χ4v) is 4.73. The highest BCUT2D eigenvalue weighted by Gasteiger charge is 2.46. The lowest BCUT2D eigenvalue weighted by Crippen LogP contribution is -2.51. The molecule has 0 aromatic carbocycles. The van der Waals surface area contributed by atoms with Crippen molar-refractivity contribution < 1.29 is 17.9 Å². The Morgan fingerprint density at radius 3 is 2.83 bits per heavy atom. The highest BCUT2D eigenvalue weighted by molar-refractivity contribution is 7.70. The Kier molecular flexibility index (Phi) is 5.01. The van der Waals surface area contributed by atoms with E-state index in [0.29, 0.717) is 25.3 Å². The van der Waals surface area contributed by atoms with E-state index in [4.69, 9.17) is 10.6 Å². The number of rotatable bonds is 5. The van der Waals surface area contributed by atoms with Gasteiger partial charge in [0.1, 0.15) is 11.7 Å². The van der Waals surface area contributed by atoms with Crippen LogP contribution in [0.3, 0.4) is 0 Å². The third-order valence-corrected chi connectivity index (χ3v) is 5.76. The van der Waals surface area contributed by atoms with Gasteiger partial charge in [0.2, 0.25) is 16.8 Å². The molecule has 10 nitrogen and oxygen atoms in total. The molecule has 11 heteroatoms. The Morgan fingerprint density at radius 1 is 1.42 bits per heavy atom. The molecular weight excluding hydrogens is 336 g/mol. The lowest BCUT2D eigenvalue weighted by atomic mass is 9.91. The van der Waals surface area contributed by atoms with Gasteiger partial charge in [-0.05, 0) is 24.5 Å². The molecule has 0 spiro atoms. The molecule has 24 heavy (non-hydrogen) atoms. The summed E-state index contributed by atoms with van der Waals surface area (Å²) in [6.07, 6.45) is 3.60. The van der Waals surface area contributed by atoms with Gasteiger partial charge in [-0.25, -0.2) is 8.42 Å². The smallest absolute Gasteiger partial charge is 0.241 e. The number of aromatic nitrogens is 3. The van der Waals surface area contributed by atoms with Crippen LogP contribution < -0.4 is 5.84 Å². The van der Waals surface area contributed by atoms with Gasteiger partial charge in [0.15, 0.2) is 0 Å². The molecular formula is C13H22N6O4S. The Morgan fingerprint density at radius 2 is 2.21 bits per heavy atom. The van der Waals surface area contributed by atoms with Crippen LogP contribution in [-0.4, -0.2) is 71.0 Å². The number of nitrogens with two attached hydrogens (primary N) is 1. The number of methoxy groups -OCH3 is 1. The first-order valence-corrected chi connectivity index (χ1v) is 9.01. The first-order valence-electron chi connectivity index (χ1n) is 7.88. The number of carbonyl (C=O) groups is 1. The highest BCUT2D eigenvalue weighted by atomic mass is 32.2. The number of thiol groups is 1. The molecule has 3 heterocycles. The predicted molar refractivity (Wildman–Crippen MR) is 84.5 cm³/mol. The van der Waals surface area contributed by atoms with Crippen molar-refractivity contribution >= 4 is 16.8 Å². The standard InChI is InChI=1S/C13H22N6O4S/c1-23-8-9-6-17(7-10-5-15-16-19(10)14)13(20)12-4-2-3-11(9)18(12)24(21)22/h5,9,11-12,24H,2-4,6-8,14H2,1H3/t9-,11?,12?/m1/s1. The first-order chi connectivity index (χ1) is 11.5. The van der Waals surface area contributed by atoms with E-state index in [9.17, 15) is 13.2 Å². The molecule has 2 bridgehead atoms. The number of nitrogens with zero attached hydrogens (tertiary/aromatic N) is 5. The Hall–Kier alpha value is -1.72. The normalized spacial score (nSPS) is 28.3. The summed E-state index contributed by atoms with van der Waals surface area (Å²) in [7, 11) is -1.25. The highest BCUT2D eigenvalue weighted by Crippen LogP contribution is 2.33.